The Labute approximate surface area is 134 Å². The van der Waals surface area contributed by atoms with Crippen molar-refractivity contribution in [1.82, 2.24) is 4.90 Å². The van der Waals surface area contributed by atoms with Crippen LogP contribution in [0.25, 0.3) is 0 Å². The molecule has 0 atom stereocenters. The second kappa shape index (κ2) is 6.09. The average Bonchev–Trinajstić information content (AvgIpc) is 2.52. The summed E-state index contributed by atoms with van der Waals surface area (Å²) < 4.78 is 17.2. The Morgan fingerprint density at radius 2 is 1.64 bits per heavy atom. The van der Waals surface area contributed by atoms with Crippen LogP contribution in [-0.4, -0.2) is 42.0 Å². The van der Waals surface area contributed by atoms with E-state index < -0.39 is 30.0 Å². The maximum Gasteiger partial charge on any atom is 0.496 e. The number of carbonyl (C=O) groups is 1. The molecular weight excluding hydrogens is 281 g/mol. The van der Waals surface area contributed by atoms with Crippen LogP contribution in [0.3, 0.4) is 0 Å². The van der Waals surface area contributed by atoms with E-state index in [1.165, 1.54) is 4.90 Å². The lowest BCUT2D eigenvalue weighted by Gasteiger charge is -2.32. The van der Waals surface area contributed by atoms with Crippen LogP contribution in [-0.2, 0) is 14.0 Å². The Morgan fingerprint density at radius 1 is 1.18 bits per heavy atom. The summed E-state index contributed by atoms with van der Waals surface area (Å²) in [6.45, 7) is 17.2. The Hall–Kier alpha value is -1.27. The highest BCUT2D eigenvalue weighted by Crippen LogP contribution is 2.38. The molecule has 0 spiro atoms. The molecule has 1 aliphatic heterocycles. The zero-order chi connectivity index (χ0) is 17.3. The summed E-state index contributed by atoms with van der Waals surface area (Å²) in [6.07, 6.45) is 2.81. The lowest BCUT2D eigenvalue weighted by Crippen LogP contribution is -2.41. The van der Waals surface area contributed by atoms with E-state index in [2.05, 4.69) is 6.58 Å². The molecule has 0 aromatic carbocycles. The van der Waals surface area contributed by atoms with Gasteiger partial charge in [-0.1, -0.05) is 12.7 Å². The van der Waals surface area contributed by atoms with Gasteiger partial charge in [0.15, 0.2) is 0 Å². The van der Waals surface area contributed by atoms with Crippen molar-refractivity contribution < 1.29 is 18.8 Å². The van der Waals surface area contributed by atoms with E-state index >= 15 is 0 Å². The molecule has 1 rings (SSSR count). The van der Waals surface area contributed by atoms with Crippen molar-refractivity contribution in [2.75, 3.05) is 7.05 Å². The summed E-state index contributed by atoms with van der Waals surface area (Å²) in [4.78, 5) is 13.4. The van der Waals surface area contributed by atoms with Crippen LogP contribution < -0.4 is 0 Å². The number of nitrogens with zero attached hydrogens (tertiary/aromatic N) is 1. The molecule has 0 aromatic heterocycles. The van der Waals surface area contributed by atoms with E-state index in [0.29, 0.717) is 5.47 Å². The minimum Gasteiger partial charge on any atom is -0.443 e. The van der Waals surface area contributed by atoms with Crippen molar-refractivity contribution in [3.8, 4) is 0 Å². The second-order valence-corrected chi connectivity index (χ2v) is 7.51. The van der Waals surface area contributed by atoms with E-state index in [0.717, 1.165) is 0 Å². The number of carbonyl (C=O) groups excluding carboxylic acids is 1. The topological polar surface area (TPSA) is 48.0 Å². The number of allylic oxidation sites excluding steroid dienone is 2. The first kappa shape index (κ1) is 18.8. The van der Waals surface area contributed by atoms with Crippen LogP contribution in [0.15, 0.2) is 24.3 Å². The molecule has 6 heteroatoms. The van der Waals surface area contributed by atoms with Gasteiger partial charge in [-0.05, 0) is 53.9 Å². The van der Waals surface area contributed by atoms with Crippen molar-refractivity contribution in [3.63, 3.8) is 0 Å². The van der Waals surface area contributed by atoms with Gasteiger partial charge in [0.2, 0.25) is 0 Å². The smallest absolute Gasteiger partial charge is 0.443 e. The molecule has 5 nitrogen and oxygen atoms in total. The average molecular weight is 309 g/mol. The largest absolute Gasteiger partial charge is 0.496 e. The van der Waals surface area contributed by atoms with Gasteiger partial charge in [-0.2, -0.15) is 0 Å². The van der Waals surface area contributed by atoms with Crippen LogP contribution in [0, 0.1) is 0 Å². The number of rotatable bonds is 3. The minimum atomic E-state index is -0.563. The van der Waals surface area contributed by atoms with Gasteiger partial charge in [0.05, 0.1) is 11.2 Å². The molecule has 0 radical (unpaired) electrons. The Balaban J connectivity index is 2.89. The van der Waals surface area contributed by atoms with Crippen molar-refractivity contribution in [2.24, 2.45) is 0 Å². The molecule has 1 saturated heterocycles. The molecule has 124 valence electrons. The van der Waals surface area contributed by atoms with Gasteiger partial charge in [-0.3, -0.25) is 4.90 Å². The van der Waals surface area contributed by atoms with Gasteiger partial charge >= 0.3 is 13.2 Å². The first-order valence-corrected chi connectivity index (χ1v) is 7.45. The predicted molar refractivity (Wildman–Crippen MR) is 88.4 cm³/mol. The summed E-state index contributed by atoms with van der Waals surface area (Å²) in [5, 5.41) is 0. The monoisotopic (exact) mass is 309 g/mol. The summed E-state index contributed by atoms with van der Waals surface area (Å²) in [7, 11) is 1.07. The minimum absolute atomic E-state index is 0.440. The number of amides is 1. The van der Waals surface area contributed by atoms with Crippen LogP contribution in [0.5, 0.6) is 0 Å². The van der Waals surface area contributed by atoms with Crippen molar-refractivity contribution >= 4 is 13.2 Å². The van der Waals surface area contributed by atoms with Crippen LogP contribution in [0.2, 0.25) is 0 Å². The van der Waals surface area contributed by atoms with Crippen molar-refractivity contribution in [3.05, 3.63) is 24.3 Å². The third-order valence-electron chi connectivity index (χ3n) is 3.79. The molecule has 1 aliphatic rings. The highest BCUT2D eigenvalue weighted by molar-refractivity contribution is 6.55. The van der Waals surface area contributed by atoms with Crippen molar-refractivity contribution in [1.29, 1.82) is 0 Å². The van der Waals surface area contributed by atoms with E-state index in [1.807, 2.05) is 48.5 Å². The Morgan fingerprint density at radius 3 is 2.00 bits per heavy atom. The zero-order valence-corrected chi connectivity index (χ0v) is 15.0. The number of ether oxygens (including phenoxy) is 1. The summed E-state index contributed by atoms with van der Waals surface area (Å²) in [5.74, 6) is 0. The lowest BCUT2D eigenvalue weighted by molar-refractivity contribution is 0.00578. The highest BCUT2D eigenvalue weighted by Gasteiger charge is 2.52. The van der Waals surface area contributed by atoms with Gasteiger partial charge in [-0.25, -0.2) is 4.79 Å². The fourth-order valence-electron chi connectivity index (χ4n) is 1.80. The molecule has 22 heavy (non-hydrogen) atoms. The zero-order valence-electron chi connectivity index (χ0n) is 15.0. The quantitative estimate of drug-likeness (QED) is 0.591. The summed E-state index contributed by atoms with van der Waals surface area (Å²) in [6, 6.07) is 0. The third-order valence-corrected chi connectivity index (χ3v) is 3.79. The maximum atomic E-state index is 12.0. The first-order chi connectivity index (χ1) is 9.79. The predicted octanol–water partition coefficient (Wildman–Crippen LogP) is 3.55. The van der Waals surface area contributed by atoms with E-state index in [9.17, 15) is 4.79 Å². The molecule has 0 saturated carbocycles. The van der Waals surface area contributed by atoms with Gasteiger partial charge in [0.1, 0.15) is 5.60 Å². The van der Waals surface area contributed by atoms with Gasteiger partial charge in [-0.15, -0.1) is 0 Å². The molecule has 0 aromatic rings. The maximum absolute atomic E-state index is 12.0. The molecule has 1 amide bonds. The Bertz CT molecular complexity index is 461. The normalized spacial score (nSPS) is 20.7. The molecule has 0 aliphatic carbocycles. The van der Waals surface area contributed by atoms with Crippen LogP contribution in [0.4, 0.5) is 4.79 Å². The fraction of sp³-hybridized carbons (Fsp3) is 0.688. The van der Waals surface area contributed by atoms with E-state index in [4.69, 9.17) is 14.0 Å². The van der Waals surface area contributed by atoms with Crippen LogP contribution >= 0.6 is 0 Å². The molecule has 0 N–H and O–H groups in total. The molecule has 0 bridgehead atoms. The number of hydrogen-bond donors (Lipinski definition) is 0. The third kappa shape index (κ3) is 4.37. The number of hydrogen-bond acceptors (Lipinski definition) is 4. The van der Waals surface area contributed by atoms with E-state index in [1.54, 1.807) is 19.3 Å². The van der Waals surface area contributed by atoms with Gasteiger partial charge in [0.25, 0.3) is 0 Å². The lowest BCUT2D eigenvalue weighted by atomic mass is 9.79. The molecule has 0 unspecified atom stereocenters. The van der Waals surface area contributed by atoms with Gasteiger partial charge < -0.3 is 14.0 Å². The summed E-state index contributed by atoms with van der Waals surface area (Å²) >= 11 is 0. The standard InChI is InChI=1S/C16H28BNO4/c1-10-12(11-18(9)13(19)20-14(2,3)4)17-21-15(5,6)16(7,8)22-17/h10-11H,1H2,2-9H3/b12-11+. The first-order valence-electron chi connectivity index (χ1n) is 7.45. The molecular formula is C16H28BNO4. The SMILES string of the molecule is C=C/C(=C\N(C)C(=O)OC(C)(C)C)B1OC(C)(C)C(C)(C)O1. The second-order valence-electron chi connectivity index (χ2n) is 7.51. The molecule has 1 fully saturated rings. The van der Waals surface area contributed by atoms with Gasteiger partial charge in [0, 0.05) is 13.2 Å². The fourth-order valence-corrected chi connectivity index (χ4v) is 1.80. The Kier molecular flexibility index (Phi) is 5.20. The van der Waals surface area contributed by atoms with Crippen LogP contribution in [0.1, 0.15) is 48.5 Å². The van der Waals surface area contributed by atoms with E-state index in [-0.39, 0.29) is 0 Å². The molecule has 1 heterocycles. The van der Waals surface area contributed by atoms with Crippen molar-refractivity contribution in [2.45, 2.75) is 65.3 Å². The highest BCUT2D eigenvalue weighted by atomic mass is 16.7. The summed E-state index contributed by atoms with van der Waals surface area (Å²) in [5.41, 5.74) is -0.751.